The first-order valence-corrected chi connectivity index (χ1v) is 12.8. The summed E-state index contributed by atoms with van der Waals surface area (Å²) in [4.78, 5) is 26.1. The van der Waals surface area contributed by atoms with Gasteiger partial charge in [-0.2, -0.15) is 10.1 Å². The number of hydrogen-bond acceptors (Lipinski definition) is 4. The molecule has 0 aromatic heterocycles. The maximum Gasteiger partial charge on any atom is 0.254 e. The minimum atomic E-state index is -0.241. The summed E-state index contributed by atoms with van der Waals surface area (Å²) < 4.78 is 7.43. The van der Waals surface area contributed by atoms with Gasteiger partial charge in [0.05, 0.1) is 27.0 Å². The Balaban J connectivity index is 1.18. The van der Waals surface area contributed by atoms with Gasteiger partial charge in [-0.1, -0.05) is 35.9 Å². The maximum absolute atomic E-state index is 13.1. The van der Waals surface area contributed by atoms with Crippen LogP contribution in [0.3, 0.4) is 0 Å². The average molecular weight is 591 g/mol. The third kappa shape index (κ3) is 3.34. The van der Waals surface area contributed by atoms with Crippen LogP contribution in [0.5, 0.6) is 5.75 Å². The van der Waals surface area contributed by atoms with E-state index in [1.165, 1.54) is 0 Å². The molecule has 33 heavy (non-hydrogen) atoms. The van der Waals surface area contributed by atoms with E-state index in [-0.39, 0.29) is 40.9 Å². The average Bonchev–Trinajstić information content (AvgIpc) is 3.39. The fourth-order valence-electron chi connectivity index (χ4n) is 5.83. The number of hydrogen-bond donors (Lipinski definition) is 0. The van der Waals surface area contributed by atoms with Crippen molar-refractivity contribution in [1.82, 2.24) is 5.01 Å². The van der Waals surface area contributed by atoms with Gasteiger partial charge in [0.15, 0.2) is 0 Å². The Hall–Kier alpha value is -1.96. The normalized spacial score (nSPS) is 28.4. The van der Waals surface area contributed by atoms with Crippen LogP contribution in [0.1, 0.15) is 24.0 Å². The molecule has 168 valence electrons. The molecule has 4 aliphatic rings. The van der Waals surface area contributed by atoms with Crippen molar-refractivity contribution in [2.24, 2.45) is 34.2 Å². The number of hydrazone groups is 1. The van der Waals surface area contributed by atoms with Crippen molar-refractivity contribution in [3.05, 3.63) is 73.6 Å². The summed E-state index contributed by atoms with van der Waals surface area (Å²) in [5.74, 6) is 0.246. The lowest BCUT2D eigenvalue weighted by atomic mass is 9.85. The van der Waals surface area contributed by atoms with Gasteiger partial charge in [-0.05, 0) is 97.3 Å². The molecule has 1 aliphatic heterocycles. The monoisotopic (exact) mass is 588 g/mol. The van der Waals surface area contributed by atoms with Gasteiger partial charge in [-0.3, -0.25) is 9.59 Å². The predicted octanol–water partition coefficient (Wildman–Crippen LogP) is 5.98. The van der Waals surface area contributed by atoms with Crippen LogP contribution in [-0.2, 0) is 16.2 Å². The van der Waals surface area contributed by atoms with E-state index in [2.05, 4.69) is 49.1 Å². The van der Waals surface area contributed by atoms with Crippen molar-refractivity contribution in [1.29, 1.82) is 0 Å². The summed E-state index contributed by atoms with van der Waals surface area (Å²) in [5, 5.41) is 6.07. The highest BCUT2D eigenvalue weighted by molar-refractivity contribution is 9.11. The summed E-state index contributed by atoms with van der Waals surface area (Å²) in [7, 11) is 0. The smallest absolute Gasteiger partial charge is 0.254 e. The lowest BCUT2D eigenvalue weighted by Gasteiger charge is -2.18. The number of fused-ring (bicyclic) bond motifs is 3. The number of nitrogens with zero attached hydrogens (tertiary/aromatic N) is 2. The molecular weight excluding hydrogens is 572 g/mol. The standard InChI is InChI=1S/C25H19Br2ClN2O3/c26-18-9-14(10-19(27)22(18)33-12-13-1-3-15(28)4-2-13)11-29-30-23(31)20-16-5-6-17(21(20)24(30)32)25(16)7-8-25/h1-6,9-11,16-17,20-21H,7-8,12H2/b29-11-/t16-,17-,20+,21+/m1/s1. The molecule has 3 fully saturated rings. The van der Waals surface area contributed by atoms with Crippen molar-refractivity contribution < 1.29 is 14.3 Å². The first kappa shape index (κ1) is 21.6. The number of halogens is 3. The van der Waals surface area contributed by atoms with Crippen molar-refractivity contribution in [3.8, 4) is 5.75 Å². The summed E-state index contributed by atoms with van der Waals surface area (Å²) in [5.41, 5.74) is 1.93. The third-order valence-corrected chi connectivity index (χ3v) is 8.90. The molecule has 5 nitrogen and oxygen atoms in total. The molecule has 2 bridgehead atoms. The number of amides is 2. The minimum absolute atomic E-state index is 0.162. The molecule has 1 spiro atoms. The molecule has 2 aromatic rings. The number of carbonyl (C=O) groups is 2. The second-order valence-electron chi connectivity index (χ2n) is 9.18. The van der Waals surface area contributed by atoms with Gasteiger partial charge in [0, 0.05) is 5.02 Å². The molecule has 4 atom stereocenters. The Labute approximate surface area is 213 Å². The number of ether oxygens (including phenoxy) is 1. The zero-order valence-corrected chi connectivity index (χ0v) is 21.3. The zero-order chi connectivity index (χ0) is 22.9. The highest BCUT2D eigenvalue weighted by atomic mass is 79.9. The Kier molecular flexibility index (Phi) is 5.09. The van der Waals surface area contributed by atoms with Gasteiger partial charge in [0.2, 0.25) is 0 Å². The minimum Gasteiger partial charge on any atom is -0.487 e. The van der Waals surface area contributed by atoms with E-state index >= 15 is 0 Å². The Morgan fingerprint density at radius 2 is 1.61 bits per heavy atom. The van der Waals surface area contributed by atoms with E-state index in [1.54, 1.807) is 6.21 Å². The first-order valence-electron chi connectivity index (χ1n) is 10.9. The molecule has 0 radical (unpaired) electrons. The summed E-state index contributed by atoms with van der Waals surface area (Å²) in [6.07, 6.45) is 8.13. The zero-order valence-electron chi connectivity index (χ0n) is 17.4. The molecule has 1 saturated heterocycles. The van der Waals surface area contributed by atoms with Gasteiger partial charge >= 0.3 is 0 Å². The summed E-state index contributed by atoms with van der Waals surface area (Å²) in [6, 6.07) is 11.2. The summed E-state index contributed by atoms with van der Waals surface area (Å²) in [6.45, 7) is 0.388. The second kappa shape index (κ2) is 7.79. The van der Waals surface area contributed by atoms with Gasteiger partial charge in [-0.15, -0.1) is 0 Å². The number of benzene rings is 2. The van der Waals surface area contributed by atoms with Crippen LogP contribution in [0.15, 0.2) is 62.6 Å². The van der Waals surface area contributed by atoms with Gasteiger partial charge in [0.1, 0.15) is 12.4 Å². The van der Waals surface area contributed by atoms with E-state index in [0.29, 0.717) is 17.4 Å². The molecule has 2 aromatic carbocycles. The second-order valence-corrected chi connectivity index (χ2v) is 11.3. The van der Waals surface area contributed by atoms with Gasteiger partial charge < -0.3 is 4.74 Å². The van der Waals surface area contributed by atoms with E-state index in [0.717, 1.165) is 37.9 Å². The highest BCUT2D eigenvalue weighted by Gasteiger charge is 2.73. The molecule has 2 amide bonds. The van der Waals surface area contributed by atoms with Crippen LogP contribution in [0.4, 0.5) is 0 Å². The lowest BCUT2D eigenvalue weighted by molar-refractivity contribution is -0.141. The largest absolute Gasteiger partial charge is 0.487 e. The molecule has 2 saturated carbocycles. The number of carbonyl (C=O) groups excluding carboxylic acids is 2. The van der Waals surface area contributed by atoms with Gasteiger partial charge in [0.25, 0.3) is 11.8 Å². The fourth-order valence-corrected chi connectivity index (χ4v) is 7.41. The van der Waals surface area contributed by atoms with E-state index in [4.69, 9.17) is 16.3 Å². The summed E-state index contributed by atoms with van der Waals surface area (Å²) >= 11 is 13.0. The molecule has 0 unspecified atom stereocenters. The fraction of sp³-hybridized carbons (Fsp3) is 0.320. The molecule has 0 N–H and O–H groups in total. The number of allylic oxidation sites excluding steroid dienone is 2. The van der Waals surface area contributed by atoms with Gasteiger partial charge in [-0.25, -0.2) is 0 Å². The third-order valence-electron chi connectivity index (χ3n) is 7.47. The van der Waals surface area contributed by atoms with E-state index in [9.17, 15) is 9.59 Å². The SMILES string of the molecule is O=C1[C@@H]2[C@@H](C(=O)N1/N=C\c1cc(Br)c(OCc3ccc(Cl)cc3)c(Br)c1)[C@H]1C=C[C@H]2C12CC2. The van der Waals surface area contributed by atoms with Crippen molar-refractivity contribution >= 4 is 61.5 Å². The molecule has 1 heterocycles. The van der Waals surface area contributed by atoms with Crippen molar-refractivity contribution in [2.45, 2.75) is 19.4 Å². The Morgan fingerprint density at radius 3 is 2.15 bits per heavy atom. The van der Waals surface area contributed by atoms with Crippen LogP contribution in [0.25, 0.3) is 0 Å². The Bertz CT molecular complexity index is 1180. The molecule has 3 aliphatic carbocycles. The topological polar surface area (TPSA) is 59.0 Å². The molecule has 8 heteroatoms. The predicted molar refractivity (Wildman–Crippen MR) is 132 cm³/mol. The van der Waals surface area contributed by atoms with Crippen molar-refractivity contribution in [3.63, 3.8) is 0 Å². The number of rotatable bonds is 5. The quantitative estimate of drug-likeness (QED) is 0.245. The van der Waals surface area contributed by atoms with Crippen molar-refractivity contribution in [2.75, 3.05) is 0 Å². The molecular formula is C25H19Br2ClN2O3. The van der Waals surface area contributed by atoms with Crippen LogP contribution in [0.2, 0.25) is 5.02 Å². The number of imide groups is 1. The van der Waals surface area contributed by atoms with E-state index < -0.39 is 0 Å². The lowest BCUT2D eigenvalue weighted by Crippen LogP contribution is -2.30. The first-order chi connectivity index (χ1) is 15.9. The van der Waals surface area contributed by atoms with Crippen LogP contribution in [0, 0.1) is 29.1 Å². The molecule has 6 rings (SSSR count). The van der Waals surface area contributed by atoms with Crippen LogP contribution in [-0.4, -0.2) is 23.0 Å². The maximum atomic E-state index is 13.1. The highest BCUT2D eigenvalue weighted by Crippen LogP contribution is 2.73. The van der Waals surface area contributed by atoms with E-state index in [1.807, 2.05) is 36.4 Å². The van der Waals surface area contributed by atoms with Crippen LogP contribution < -0.4 is 4.74 Å². The van der Waals surface area contributed by atoms with Crippen LogP contribution >= 0.6 is 43.5 Å². The Morgan fingerprint density at radius 1 is 1.03 bits per heavy atom.